The molecular formula is C29H24Cl2N2O4S2. The van der Waals surface area contributed by atoms with Crippen molar-refractivity contribution in [1.29, 1.82) is 0 Å². The quantitative estimate of drug-likeness (QED) is 0.188. The van der Waals surface area contributed by atoms with E-state index in [1.165, 1.54) is 11.3 Å². The summed E-state index contributed by atoms with van der Waals surface area (Å²) in [6, 6.07) is 16.0. The minimum atomic E-state index is -0.678. The van der Waals surface area contributed by atoms with Crippen LogP contribution in [-0.4, -0.2) is 22.9 Å². The molecule has 2 aromatic heterocycles. The zero-order valence-corrected chi connectivity index (χ0v) is 24.7. The normalized spacial score (nSPS) is 15.5. The lowest BCUT2D eigenvalue weighted by molar-refractivity contribution is -0.143. The first-order valence-corrected chi connectivity index (χ1v) is 14.9. The van der Waals surface area contributed by atoms with Gasteiger partial charge in [0.05, 0.1) is 38.0 Å². The fraction of sp³-hybridized carbons (Fsp3) is 0.207. The van der Waals surface area contributed by atoms with Crippen molar-refractivity contribution >= 4 is 58.3 Å². The van der Waals surface area contributed by atoms with Gasteiger partial charge in [-0.3, -0.25) is 9.36 Å². The molecule has 1 unspecified atom stereocenters. The maximum Gasteiger partial charge on any atom is 0.338 e. The van der Waals surface area contributed by atoms with Gasteiger partial charge in [-0.1, -0.05) is 52.7 Å². The van der Waals surface area contributed by atoms with Gasteiger partial charge in [0.1, 0.15) is 11.5 Å². The molecule has 1 atom stereocenters. The summed E-state index contributed by atoms with van der Waals surface area (Å²) in [6.45, 7) is 5.35. The third-order valence-electron chi connectivity index (χ3n) is 6.13. The van der Waals surface area contributed by atoms with Crippen molar-refractivity contribution in [2.75, 3.05) is 6.26 Å². The van der Waals surface area contributed by atoms with Crippen molar-refractivity contribution < 1.29 is 13.9 Å². The molecule has 0 N–H and O–H groups in total. The van der Waals surface area contributed by atoms with E-state index in [-0.39, 0.29) is 11.7 Å². The monoisotopic (exact) mass is 598 g/mol. The highest BCUT2D eigenvalue weighted by Crippen LogP contribution is 2.35. The van der Waals surface area contributed by atoms with Gasteiger partial charge in [-0.2, -0.15) is 0 Å². The second-order valence-electron chi connectivity index (χ2n) is 9.11. The number of thiazole rings is 1. The Bertz CT molecular complexity index is 1780. The van der Waals surface area contributed by atoms with E-state index in [1.54, 1.807) is 67.4 Å². The highest BCUT2D eigenvalue weighted by atomic mass is 35.5. The molecule has 1 aliphatic rings. The summed E-state index contributed by atoms with van der Waals surface area (Å²) in [5, 5.41) is 0.816. The number of hydrogen-bond donors (Lipinski definition) is 0. The van der Waals surface area contributed by atoms with Gasteiger partial charge in [-0.25, -0.2) is 9.79 Å². The Morgan fingerprint density at radius 2 is 1.90 bits per heavy atom. The Kier molecular flexibility index (Phi) is 7.91. The maximum atomic E-state index is 13.8. The molecule has 2 aromatic carbocycles. The molecule has 0 bridgehead atoms. The van der Waals surface area contributed by atoms with Crippen LogP contribution in [0, 0.1) is 0 Å². The first kappa shape index (κ1) is 27.5. The molecule has 0 fully saturated rings. The van der Waals surface area contributed by atoms with Gasteiger partial charge >= 0.3 is 5.97 Å². The van der Waals surface area contributed by atoms with Gasteiger partial charge in [0.2, 0.25) is 0 Å². The molecule has 5 rings (SSSR count). The number of allylic oxidation sites excluding steroid dienone is 1. The number of halogens is 2. The zero-order chi connectivity index (χ0) is 27.8. The predicted octanol–water partition coefficient (Wildman–Crippen LogP) is 6.48. The minimum absolute atomic E-state index is 0.279. The number of benzene rings is 2. The van der Waals surface area contributed by atoms with E-state index >= 15 is 0 Å². The van der Waals surface area contributed by atoms with Gasteiger partial charge in [-0.15, -0.1) is 11.8 Å². The number of esters is 1. The molecule has 0 radical (unpaired) electrons. The third-order valence-corrected chi connectivity index (χ3v) is 8.68. The van der Waals surface area contributed by atoms with Crippen LogP contribution in [0.2, 0.25) is 10.0 Å². The molecule has 0 amide bonds. The molecule has 200 valence electrons. The summed E-state index contributed by atoms with van der Waals surface area (Å²) in [5.74, 6) is 0.513. The van der Waals surface area contributed by atoms with Crippen molar-refractivity contribution in [1.82, 2.24) is 4.57 Å². The van der Waals surface area contributed by atoms with Crippen molar-refractivity contribution in [3.8, 4) is 11.3 Å². The Morgan fingerprint density at radius 3 is 2.59 bits per heavy atom. The highest BCUT2D eigenvalue weighted by molar-refractivity contribution is 7.98. The minimum Gasteiger partial charge on any atom is -0.459 e. The maximum absolute atomic E-state index is 13.8. The number of ether oxygens (including phenoxy) is 1. The fourth-order valence-electron chi connectivity index (χ4n) is 4.36. The van der Waals surface area contributed by atoms with Gasteiger partial charge in [-0.05, 0) is 69.0 Å². The Balaban J connectivity index is 1.63. The van der Waals surface area contributed by atoms with E-state index < -0.39 is 12.0 Å². The number of thioether (sulfide) groups is 1. The lowest BCUT2D eigenvalue weighted by Crippen LogP contribution is -2.40. The van der Waals surface area contributed by atoms with Crippen LogP contribution in [0.5, 0.6) is 0 Å². The summed E-state index contributed by atoms with van der Waals surface area (Å²) in [5.41, 5.74) is 2.03. The molecule has 0 saturated heterocycles. The van der Waals surface area contributed by atoms with Crippen LogP contribution in [0.25, 0.3) is 17.4 Å². The molecule has 1 aliphatic heterocycles. The van der Waals surface area contributed by atoms with Gasteiger partial charge in [0, 0.05) is 16.5 Å². The van der Waals surface area contributed by atoms with Gasteiger partial charge < -0.3 is 9.15 Å². The first-order chi connectivity index (χ1) is 18.7. The molecule has 4 aromatic rings. The van der Waals surface area contributed by atoms with E-state index in [0.29, 0.717) is 47.7 Å². The smallest absolute Gasteiger partial charge is 0.338 e. The summed E-state index contributed by atoms with van der Waals surface area (Å²) in [4.78, 5) is 33.3. The Labute approximate surface area is 243 Å². The standard InChI is InChI=1S/C29H24Cl2N2O4S2/c1-15(2)36-28(35)24-16(3)32-29-33(26(24)17-8-11-19(38-4)12-9-17)27(34)23(39-29)14-18-10-13-22(37-18)20-6-5-7-21(30)25(20)31/h5-15,26H,1-4H3. The van der Waals surface area contributed by atoms with E-state index in [2.05, 4.69) is 4.99 Å². The average molecular weight is 600 g/mol. The number of aromatic nitrogens is 1. The number of furan rings is 1. The second kappa shape index (κ2) is 11.2. The molecule has 0 spiro atoms. The number of carbonyl (C=O) groups is 1. The summed E-state index contributed by atoms with van der Waals surface area (Å²) in [6.07, 6.45) is 3.35. The Morgan fingerprint density at radius 1 is 1.15 bits per heavy atom. The van der Waals surface area contributed by atoms with E-state index in [0.717, 1.165) is 10.5 Å². The summed E-state index contributed by atoms with van der Waals surface area (Å²) in [7, 11) is 0. The van der Waals surface area contributed by atoms with Crippen molar-refractivity contribution in [3.63, 3.8) is 0 Å². The second-order valence-corrected chi connectivity index (χ2v) is 11.8. The van der Waals surface area contributed by atoms with Crippen molar-refractivity contribution in [3.05, 3.63) is 107 Å². The SMILES string of the molecule is CSc1ccc(C2C(C(=O)OC(C)C)=C(C)N=c3sc(=Cc4ccc(-c5cccc(Cl)c5Cl)o4)c(=O)n32)cc1. The molecule has 10 heteroatoms. The topological polar surface area (TPSA) is 73.8 Å². The van der Waals surface area contributed by atoms with Crippen LogP contribution in [0.3, 0.4) is 0 Å². The number of nitrogens with zero attached hydrogens (tertiary/aromatic N) is 2. The zero-order valence-electron chi connectivity index (χ0n) is 21.5. The number of fused-ring (bicyclic) bond motifs is 1. The van der Waals surface area contributed by atoms with E-state index in [1.807, 2.05) is 36.6 Å². The molecule has 3 heterocycles. The van der Waals surface area contributed by atoms with Gasteiger partial charge in [0.25, 0.3) is 5.56 Å². The van der Waals surface area contributed by atoms with E-state index in [4.69, 9.17) is 32.4 Å². The molecular weight excluding hydrogens is 575 g/mol. The van der Waals surface area contributed by atoms with Crippen molar-refractivity contribution in [2.45, 2.75) is 37.8 Å². The number of rotatable bonds is 6. The van der Waals surface area contributed by atoms with Crippen LogP contribution >= 0.6 is 46.3 Å². The number of carbonyl (C=O) groups excluding carboxylic acids is 1. The van der Waals surface area contributed by atoms with Crippen LogP contribution in [-0.2, 0) is 9.53 Å². The number of hydrogen-bond acceptors (Lipinski definition) is 7. The average Bonchev–Trinajstić information content (AvgIpc) is 3.48. The predicted molar refractivity (Wildman–Crippen MR) is 157 cm³/mol. The molecule has 0 aliphatic carbocycles. The summed E-state index contributed by atoms with van der Waals surface area (Å²) >= 11 is 15.4. The molecule has 0 saturated carbocycles. The highest BCUT2D eigenvalue weighted by Gasteiger charge is 2.33. The van der Waals surface area contributed by atoms with Gasteiger partial charge in [0.15, 0.2) is 4.80 Å². The Hall–Kier alpha value is -3.04. The van der Waals surface area contributed by atoms with Crippen molar-refractivity contribution in [2.24, 2.45) is 4.99 Å². The first-order valence-electron chi connectivity index (χ1n) is 12.1. The largest absolute Gasteiger partial charge is 0.459 e. The lowest BCUT2D eigenvalue weighted by atomic mass is 9.96. The van der Waals surface area contributed by atoms with Crippen LogP contribution in [0.15, 0.2) is 85.0 Å². The van der Waals surface area contributed by atoms with Crippen LogP contribution in [0.1, 0.15) is 38.1 Å². The van der Waals surface area contributed by atoms with E-state index in [9.17, 15) is 9.59 Å². The van der Waals surface area contributed by atoms with Crippen LogP contribution < -0.4 is 14.9 Å². The third kappa shape index (κ3) is 5.39. The fourth-order valence-corrected chi connectivity index (χ4v) is 6.19. The van der Waals surface area contributed by atoms with Crippen LogP contribution in [0.4, 0.5) is 0 Å². The molecule has 39 heavy (non-hydrogen) atoms. The molecule has 6 nitrogen and oxygen atoms in total. The summed E-state index contributed by atoms with van der Waals surface area (Å²) < 4.78 is 13.5. The lowest BCUT2D eigenvalue weighted by Gasteiger charge is -2.25.